The Hall–Kier alpha value is -3.51. The molecule has 0 atom stereocenters. The molecule has 2 aromatic carbocycles. The summed E-state index contributed by atoms with van der Waals surface area (Å²) in [7, 11) is 1.76. The molecule has 2 saturated heterocycles. The first kappa shape index (κ1) is 21.3. The van der Waals surface area contributed by atoms with Gasteiger partial charge in [-0.3, -0.25) is 14.7 Å². The summed E-state index contributed by atoms with van der Waals surface area (Å²) in [6.07, 6.45) is 3.07. The molecule has 5 rings (SSSR count). The largest absolute Gasteiger partial charge is 0.332 e. The molecule has 2 aliphatic heterocycles. The summed E-state index contributed by atoms with van der Waals surface area (Å²) >= 11 is 0. The lowest BCUT2D eigenvalue weighted by atomic mass is 9.86. The lowest BCUT2D eigenvalue weighted by Gasteiger charge is -2.40. The Bertz CT molecular complexity index is 1170. The topological polar surface area (TPSA) is 56.8 Å². The molecule has 0 unspecified atom stereocenters. The molecule has 3 amide bonds. The number of likely N-dealkylation sites (N-methyl/N-ethyl adjacent to an activating group) is 1. The SMILES string of the molecule is Cc1cccnc1CN1CCC2(CC1)C(=O)N(c1ccc(-c3ccccc3)cc1)C(=O)N2C. The zero-order valence-corrected chi connectivity index (χ0v) is 19.1. The van der Waals surface area contributed by atoms with Crippen molar-refractivity contribution in [2.45, 2.75) is 31.8 Å². The molecule has 6 heteroatoms. The van der Waals surface area contributed by atoms with E-state index < -0.39 is 5.54 Å². The van der Waals surface area contributed by atoms with Crippen LogP contribution in [-0.2, 0) is 11.3 Å². The number of aryl methyl sites for hydroxylation is 1. The number of imide groups is 1. The number of carbonyl (C=O) groups excluding carboxylic acids is 2. The highest BCUT2D eigenvalue weighted by molar-refractivity contribution is 6.23. The van der Waals surface area contributed by atoms with E-state index in [4.69, 9.17) is 0 Å². The van der Waals surface area contributed by atoms with Crippen molar-refractivity contribution >= 4 is 17.6 Å². The first-order chi connectivity index (χ1) is 16.0. The van der Waals surface area contributed by atoms with Crippen LogP contribution in [0.2, 0.25) is 0 Å². The van der Waals surface area contributed by atoms with E-state index in [9.17, 15) is 9.59 Å². The smallest absolute Gasteiger partial charge is 0.312 e. The normalized spacial score (nSPS) is 18.4. The fourth-order valence-electron chi connectivity index (χ4n) is 4.96. The van der Waals surface area contributed by atoms with Crippen molar-refractivity contribution < 1.29 is 9.59 Å². The van der Waals surface area contributed by atoms with Gasteiger partial charge in [-0.15, -0.1) is 0 Å². The number of anilines is 1. The number of likely N-dealkylation sites (tertiary alicyclic amines) is 1. The van der Waals surface area contributed by atoms with Crippen molar-refractivity contribution in [3.63, 3.8) is 0 Å². The van der Waals surface area contributed by atoms with Crippen LogP contribution in [0.15, 0.2) is 72.9 Å². The third kappa shape index (κ3) is 3.70. The number of piperidine rings is 1. The number of rotatable bonds is 4. The maximum Gasteiger partial charge on any atom is 0.332 e. The third-order valence-electron chi connectivity index (χ3n) is 7.13. The van der Waals surface area contributed by atoms with Crippen LogP contribution in [0.3, 0.4) is 0 Å². The van der Waals surface area contributed by atoms with Gasteiger partial charge in [-0.1, -0.05) is 48.5 Å². The Kier molecular flexibility index (Phi) is 5.46. The van der Waals surface area contributed by atoms with E-state index in [0.717, 1.165) is 36.5 Å². The van der Waals surface area contributed by atoms with Crippen LogP contribution in [0, 0.1) is 6.92 Å². The number of nitrogens with zero attached hydrogens (tertiary/aromatic N) is 4. The standard InChI is InChI=1S/C27H28N4O2/c1-20-7-6-16-28-24(20)19-30-17-14-27(15-18-30)25(32)31(26(33)29(27)2)23-12-10-22(11-13-23)21-8-4-3-5-9-21/h3-13,16H,14-15,17-19H2,1-2H3. The molecule has 0 aliphatic carbocycles. The molecular weight excluding hydrogens is 412 g/mol. The second-order valence-corrected chi connectivity index (χ2v) is 8.97. The van der Waals surface area contributed by atoms with Crippen LogP contribution < -0.4 is 4.90 Å². The van der Waals surface area contributed by atoms with Crippen molar-refractivity contribution in [2.24, 2.45) is 0 Å². The number of amides is 3. The minimum absolute atomic E-state index is 0.115. The average Bonchev–Trinajstić information content (AvgIpc) is 3.03. The van der Waals surface area contributed by atoms with Gasteiger partial charge in [-0.25, -0.2) is 9.69 Å². The zero-order valence-electron chi connectivity index (χ0n) is 19.1. The van der Waals surface area contributed by atoms with Crippen LogP contribution in [0.4, 0.5) is 10.5 Å². The van der Waals surface area contributed by atoms with Crippen molar-refractivity contribution in [3.8, 4) is 11.1 Å². The second kappa shape index (κ2) is 8.45. The van der Waals surface area contributed by atoms with Crippen LogP contribution in [-0.4, -0.2) is 52.4 Å². The number of urea groups is 1. The van der Waals surface area contributed by atoms with E-state index >= 15 is 0 Å². The van der Waals surface area contributed by atoms with Gasteiger partial charge in [-0.05, 0) is 54.7 Å². The first-order valence-corrected chi connectivity index (χ1v) is 11.4. The maximum absolute atomic E-state index is 13.6. The fraction of sp³-hybridized carbons (Fsp3) is 0.296. The predicted molar refractivity (Wildman–Crippen MR) is 129 cm³/mol. The molecule has 2 fully saturated rings. The molecule has 1 spiro atoms. The van der Waals surface area contributed by atoms with E-state index in [0.29, 0.717) is 18.5 Å². The highest BCUT2D eigenvalue weighted by atomic mass is 16.2. The summed E-state index contributed by atoms with van der Waals surface area (Å²) in [5.41, 5.74) is 4.25. The zero-order chi connectivity index (χ0) is 23.0. The highest BCUT2D eigenvalue weighted by Crippen LogP contribution is 2.39. The highest BCUT2D eigenvalue weighted by Gasteiger charge is 2.56. The molecule has 0 bridgehead atoms. The van der Waals surface area contributed by atoms with Crippen molar-refractivity contribution in [1.82, 2.24) is 14.8 Å². The molecule has 168 valence electrons. The molecule has 6 nitrogen and oxygen atoms in total. The number of hydrogen-bond donors (Lipinski definition) is 0. The Morgan fingerprint density at radius 2 is 1.55 bits per heavy atom. The molecule has 33 heavy (non-hydrogen) atoms. The van der Waals surface area contributed by atoms with Crippen molar-refractivity contribution in [3.05, 3.63) is 84.2 Å². The van der Waals surface area contributed by atoms with E-state index in [-0.39, 0.29) is 11.9 Å². The number of hydrogen-bond acceptors (Lipinski definition) is 4. The molecule has 3 aromatic rings. The van der Waals surface area contributed by atoms with Gasteiger partial charge in [0, 0.05) is 32.9 Å². The van der Waals surface area contributed by atoms with Gasteiger partial charge in [0.15, 0.2) is 0 Å². The second-order valence-electron chi connectivity index (χ2n) is 8.97. The van der Waals surface area contributed by atoms with Crippen molar-refractivity contribution in [2.75, 3.05) is 25.0 Å². The summed E-state index contributed by atoms with van der Waals surface area (Å²) in [5, 5.41) is 0. The molecule has 0 N–H and O–H groups in total. The van der Waals surface area contributed by atoms with Crippen LogP contribution >= 0.6 is 0 Å². The molecule has 1 aromatic heterocycles. The summed E-state index contributed by atoms with van der Waals surface area (Å²) in [6, 6.07) is 21.5. The van der Waals surface area contributed by atoms with Crippen LogP contribution in [0.1, 0.15) is 24.1 Å². The van der Waals surface area contributed by atoms with E-state index in [1.165, 1.54) is 10.5 Å². The minimum Gasteiger partial charge on any atom is -0.312 e. The van der Waals surface area contributed by atoms with Gasteiger partial charge in [0.25, 0.3) is 5.91 Å². The molecule has 3 heterocycles. The van der Waals surface area contributed by atoms with E-state index in [2.05, 4.69) is 22.9 Å². The monoisotopic (exact) mass is 440 g/mol. The van der Waals surface area contributed by atoms with Gasteiger partial charge in [0.1, 0.15) is 5.54 Å². The van der Waals surface area contributed by atoms with Gasteiger partial charge < -0.3 is 4.90 Å². The summed E-state index contributed by atoms with van der Waals surface area (Å²) < 4.78 is 0. The van der Waals surface area contributed by atoms with Crippen LogP contribution in [0.25, 0.3) is 11.1 Å². The first-order valence-electron chi connectivity index (χ1n) is 11.4. The lowest BCUT2D eigenvalue weighted by molar-refractivity contribution is -0.127. The van der Waals surface area contributed by atoms with Crippen molar-refractivity contribution in [1.29, 1.82) is 0 Å². The Labute approximate surface area is 194 Å². The summed E-state index contributed by atoms with van der Waals surface area (Å²) in [5.74, 6) is -0.115. The molecule has 0 saturated carbocycles. The Morgan fingerprint density at radius 1 is 0.879 bits per heavy atom. The van der Waals surface area contributed by atoms with Gasteiger partial charge >= 0.3 is 6.03 Å². The van der Waals surface area contributed by atoms with Gasteiger partial charge in [0.2, 0.25) is 0 Å². The number of carbonyl (C=O) groups is 2. The van der Waals surface area contributed by atoms with Crippen LogP contribution in [0.5, 0.6) is 0 Å². The number of pyridine rings is 1. The van der Waals surface area contributed by atoms with Gasteiger partial charge in [-0.2, -0.15) is 0 Å². The quantitative estimate of drug-likeness (QED) is 0.561. The van der Waals surface area contributed by atoms with Gasteiger partial charge in [0.05, 0.1) is 11.4 Å². The maximum atomic E-state index is 13.6. The summed E-state index contributed by atoms with van der Waals surface area (Å²) in [4.78, 5) is 36.6. The van der Waals surface area contributed by atoms with E-state index in [1.807, 2.05) is 66.9 Å². The molecular formula is C27H28N4O2. The molecule has 2 aliphatic rings. The molecule has 0 radical (unpaired) electrons. The lowest BCUT2D eigenvalue weighted by Crippen LogP contribution is -2.55. The average molecular weight is 441 g/mol. The number of aromatic nitrogens is 1. The number of benzene rings is 2. The minimum atomic E-state index is -0.773. The Morgan fingerprint density at radius 3 is 2.21 bits per heavy atom. The Balaban J connectivity index is 1.32. The van der Waals surface area contributed by atoms with E-state index in [1.54, 1.807) is 11.9 Å². The summed E-state index contributed by atoms with van der Waals surface area (Å²) in [6.45, 7) is 4.33. The third-order valence-corrected chi connectivity index (χ3v) is 7.13. The predicted octanol–water partition coefficient (Wildman–Crippen LogP) is 4.49. The fourth-order valence-corrected chi connectivity index (χ4v) is 4.96.